The molecule has 0 fully saturated rings. The number of halogens is 1. The van der Waals surface area contributed by atoms with Crippen molar-refractivity contribution in [3.63, 3.8) is 0 Å². The zero-order valence-corrected chi connectivity index (χ0v) is 14.1. The Morgan fingerprint density at radius 2 is 1.29 bits per heavy atom. The van der Waals surface area contributed by atoms with Crippen molar-refractivity contribution in [2.45, 2.75) is 18.6 Å². The SMILES string of the molecule is CC(O)c1ccc(-c2ccc(OC(Cl)c3ccccc3)cc2)cc1. The average molecular weight is 339 g/mol. The number of hydrogen-bond donors (Lipinski definition) is 1. The molecule has 0 aliphatic heterocycles. The fourth-order valence-electron chi connectivity index (χ4n) is 2.47. The lowest BCUT2D eigenvalue weighted by Crippen LogP contribution is -1.99. The topological polar surface area (TPSA) is 29.5 Å². The van der Waals surface area contributed by atoms with Crippen molar-refractivity contribution >= 4 is 11.6 Å². The highest BCUT2D eigenvalue weighted by atomic mass is 35.5. The molecule has 3 aromatic carbocycles. The van der Waals surface area contributed by atoms with Gasteiger partial charge in [0.15, 0.2) is 5.56 Å². The third kappa shape index (κ3) is 3.97. The Balaban J connectivity index is 1.71. The van der Waals surface area contributed by atoms with Crippen LogP contribution < -0.4 is 4.74 Å². The highest BCUT2D eigenvalue weighted by Crippen LogP contribution is 2.28. The molecule has 3 heteroatoms. The van der Waals surface area contributed by atoms with E-state index in [4.69, 9.17) is 16.3 Å². The van der Waals surface area contributed by atoms with Crippen molar-refractivity contribution in [3.05, 3.63) is 90.0 Å². The lowest BCUT2D eigenvalue weighted by Gasteiger charge is -2.13. The molecule has 3 aromatic rings. The fraction of sp³-hybridized carbons (Fsp3) is 0.143. The molecule has 0 saturated heterocycles. The van der Waals surface area contributed by atoms with Gasteiger partial charge in [-0.25, -0.2) is 0 Å². The Morgan fingerprint density at radius 1 is 0.750 bits per heavy atom. The van der Waals surface area contributed by atoms with E-state index < -0.39 is 11.7 Å². The van der Waals surface area contributed by atoms with E-state index in [9.17, 15) is 5.11 Å². The van der Waals surface area contributed by atoms with E-state index in [1.807, 2.05) is 78.9 Å². The lowest BCUT2D eigenvalue weighted by molar-refractivity contribution is 0.199. The van der Waals surface area contributed by atoms with E-state index in [-0.39, 0.29) is 0 Å². The summed E-state index contributed by atoms with van der Waals surface area (Å²) in [5.74, 6) is 0.725. The maximum Gasteiger partial charge on any atom is 0.197 e. The molecule has 0 radical (unpaired) electrons. The van der Waals surface area contributed by atoms with Crippen LogP contribution in [0.1, 0.15) is 29.7 Å². The summed E-state index contributed by atoms with van der Waals surface area (Å²) in [7, 11) is 0. The number of aliphatic hydroxyl groups excluding tert-OH is 1. The van der Waals surface area contributed by atoms with Gasteiger partial charge in [0.1, 0.15) is 5.75 Å². The predicted molar refractivity (Wildman–Crippen MR) is 98.2 cm³/mol. The summed E-state index contributed by atoms with van der Waals surface area (Å²) in [5.41, 5.74) is 3.51. The smallest absolute Gasteiger partial charge is 0.197 e. The standard InChI is InChI=1S/C21H19ClO2/c1-15(23)16-7-9-17(10-8-16)18-11-13-20(14-12-18)24-21(22)19-5-3-2-4-6-19/h2-15,21,23H,1H3. The highest BCUT2D eigenvalue weighted by Gasteiger charge is 2.09. The predicted octanol–water partition coefficient (Wildman–Crippen LogP) is 5.72. The number of hydrogen-bond acceptors (Lipinski definition) is 2. The Labute approximate surface area is 147 Å². The average Bonchev–Trinajstić information content (AvgIpc) is 2.63. The normalized spacial score (nSPS) is 13.3. The molecule has 2 nitrogen and oxygen atoms in total. The molecule has 0 heterocycles. The molecule has 0 aliphatic rings. The largest absolute Gasteiger partial charge is 0.470 e. The molecular weight excluding hydrogens is 320 g/mol. The summed E-state index contributed by atoms with van der Waals surface area (Å²) in [5, 5.41) is 9.57. The molecule has 0 saturated carbocycles. The van der Waals surface area contributed by atoms with Crippen molar-refractivity contribution < 1.29 is 9.84 Å². The van der Waals surface area contributed by atoms with Gasteiger partial charge in [-0.05, 0) is 35.7 Å². The van der Waals surface area contributed by atoms with E-state index in [1.54, 1.807) is 6.92 Å². The molecule has 0 bridgehead atoms. The zero-order chi connectivity index (χ0) is 16.9. The summed E-state index contributed by atoms with van der Waals surface area (Å²) >= 11 is 6.30. The van der Waals surface area contributed by atoms with Crippen LogP contribution in [0.2, 0.25) is 0 Å². The Morgan fingerprint density at radius 3 is 1.83 bits per heavy atom. The lowest BCUT2D eigenvalue weighted by atomic mass is 10.0. The van der Waals surface area contributed by atoms with Crippen LogP contribution in [0.25, 0.3) is 11.1 Å². The van der Waals surface area contributed by atoms with Crippen molar-refractivity contribution in [2.75, 3.05) is 0 Å². The number of ether oxygens (including phenoxy) is 1. The third-order valence-corrected chi connectivity index (χ3v) is 4.22. The van der Waals surface area contributed by atoms with E-state index >= 15 is 0 Å². The highest BCUT2D eigenvalue weighted by molar-refractivity contribution is 6.20. The number of benzene rings is 3. The second kappa shape index (κ2) is 7.52. The number of aliphatic hydroxyl groups is 1. The molecular formula is C21H19ClO2. The van der Waals surface area contributed by atoms with Crippen LogP contribution >= 0.6 is 11.6 Å². The van der Waals surface area contributed by atoms with Gasteiger partial charge in [0, 0.05) is 5.56 Å². The van der Waals surface area contributed by atoms with Crippen molar-refractivity contribution in [3.8, 4) is 16.9 Å². The van der Waals surface area contributed by atoms with Gasteiger partial charge < -0.3 is 9.84 Å². The van der Waals surface area contributed by atoms with Crippen LogP contribution in [0.5, 0.6) is 5.75 Å². The minimum Gasteiger partial charge on any atom is -0.470 e. The van der Waals surface area contributed by atoms with Crippen LogP contribution in [-0.4, -0.2) is 5.11 Å². The first-order valence-electron chi connectivity index (χ1n) is 7.87. The van der Waals surface area contributed by atoms with Gasteiger partial charge in [0.05, 0.1) is 6.10 Å². The van der Waals surface area contributed by atoms with Crippen molar-refractivity contribution in [1.82, 2.24) is 0 Å². The second-order valence-electron chi connectivity index (χ2n) is 5.67. The molecule has 3 rings (SSSR count). The first kappa shape index (κ1) is 16.6. The number of rotatable bonds is 5. The molecule has 24 heavy (non-hydrogen) atoms. The van der Waals surface area contributed by atoms with Gasteiger partial charge >= 0.3 is 0 Å². The van der Waals surface area contributed by atoms with Crippen molar-refractivity contribution in [2.24, 2.45) is 0 Å². The quantitative estimate of drug-likeness (QED) is 0.602. The Hall–Kier alpha value is -2.29. The summed E-state index contributed by atoms with van der Waals surface area (Å²) < 4.78 is 5.77. The van der Waals surface area contributed by atoms with Crippen LogP contribution in [0.4, 0.5) is 0 Å². The van der Waals surface area contributed by atoms with Gasteiger partial charge in [-0.1, -0.05) is 78.3 Å². The second-order valence-corrected chi connectivity index (χ2v) is 6.06. The minimum atomic E-state index is -0.512. The number of alkyl halides is 1. The van der Waals surface area contributed by atoms with Gasteiger partial charge in [-0.15, -0.1) is 0 Å². The third-order valence-electron chi connectivity index (χ3n) is 3.88. The summed E-state index contributed by atoms with van der Waals surface area (Å²) in [6.45, 7) is 1.76. The zero-order valence-electron chi connectivity index (χ0n) is 13.4. The molecule has 0 aromatic heterocycles. The molecule has 0 aliphatic carbocycles. The fourth-order valence-corrected chi connectivity index (χ4v) is 2.72. The summed E-state index contributed by atoms with van der Waals surface area (Å²) in [6, 6.07) is 25.4. The Kier molecular flexibility index (Phi) is 5.19. The van der Waals surface area contributed by atoms with Crippen LogP contribution in [0.3, 0.4) is 0 Å². The van der Waals surface area contributed by atoms with Gasteiger partial charge in [-0.2, -0.15) is 0 Å². The molecule has 2 unspecified atom stereocenters. The van der Waals surface area contributed by atoms with Crippen molar-refractivity contribution in [1.29, 1.82) is 0 Å². The Bertz CT molecular complexity index is 765. The molecule has 1 N–H and O–H groups in total. The van der Waals surface area contributed by atoms with E-state index in [2.05, 4.69) is 0 Å². The summed E-state index contributed by atoms with van der Waals surface area (Å²) in [4.78, 5) is 0. The van der Waals surface area contributed by atoms with Gasteiger partial charge in [-0.3, -0.25) is 0 Å². The molecule has 122 valence electrons. The first-order valence-corrected chi connectivity index (χ1v) is 8.31. The molecule has 0 spiro atoms. The van der Waals surface area contributed by atoms with Gasteiger partial charge in [0.25, 0.3) is 0 Å². The van der Waals surface area contributed by atoms with E-state index in [0.717, 1.165) is 28.0 Å². The first-order chi connectivity index (χ1) is 11.6. The van der Waals surface area contributed by atoms with E-state index in [1.165, 1.54) is 0 Å². The maximum absolute atomic E-state index is 9.57. The van der Waals surface area contributed by atoms with Crippen LogP contribution in [0.15, 0.2) is 78.9 Å². The molecule has 0 amide bonds. The maximum atomic E-state index is 9.57. The van der Waals surface area contributed by atoms with E-state index in [0.29, 0.717) is 0 Å². The summed E-state index contributed by atoms with van der Waals surface area (Å²) in [6.07, 6.45) is -0.450. The van der Waals surface area contributed by atoms with Crippen LogP contribution in [0, 0.1) is 0 Å². The monoisotopic (exact) mass is 338 g/mol. The van der Waals surface area contributed by atoms with Gasteiger partial charge in [0.2, 0.25) is 0 Å². The molecule has 2 atom stereocenters. The minimum absolute atomic E-state index is 0.450. The van der Waals surface area contributed by atoms with Crippen LogP contribution in [-0.2, 0) is 0 Å².